The van der Waals surface area contributed by atoms with Gasteiger partial charge in [0, 0.05) is 0 Å². The fourth-order valence-electron chi connectivity index (χ4n) is 4.22. The molecule has 4 rings (SSSR count). The number of alkyl halides is 2. The van der Waals surface area contributed by atoms with Gasteiger partial charge >= 0.3 is 0 Å². The highest BCUT2D eigenvalue weighted by molar-refractivity contribution is 7.92. The number of anilines is 1. The number of amides is 1. The minimum atomic E-state index is -3.34. The van der Waals surface area contributed by atoms with Gasteiger partial charge in [0.2, 0.25) is 5.91 Å². The van der Waals surface area contributed by atoms with E-state index < -0.39 is 28.1 Å². The molecular weight excluding hydrogens is 436 g/mol. The second-order valence-corrected chi connectivity index (χ2v) is 10.9. The number of sulfone groups is 1. The van der Waals surface area contributed by atoms with Gasteiger partial charge in [-0.1, -0.05) is 19.1 Å². The summed E-state index contributed by atoms with van der Waals surface area (Å²) in [5.41, 5.74) is 1.40. The quantitative estimate of drug-likeness (QED) is 0.635. The molecule has 1 heterocycles. The molecule has 1 aromatic heterocycles. The first kappa shape index (κ1) is 22.8. The van der Waals surface area contributed by atoms with Crippen LogP contribution >= 0.6 is 0 Å². The predicted octanol–water partition coefficient (Wildman–Crippen LogP) is 4.17. The highest BCUT2D eigenvalue weighted by Gasteiger charge is 2.38. The lowest BCUT2D eigenvalue weighted by Gasteiger charge is -2.20. The summed E-state index contributed by atoms with van der Waals surface area (Å²) < 4.78 is 52.4. The molecule has 1 amide bonds. The van der Waals surface area contributed by atoms with Crippen molar-refractivity contribution in [1.82, 2.24) is 9.97 Å². The zero-order valence-electron chi connectivity index (χ0n) is 17.9. The Bertz CT molecular complexity index is 1050. The number of hydrogen-bond donors (Lipinski definition) is 1. The van der Waals surface area contributed by atoms with Crippen LogP contribution in [0, 0.1) is 5.92 Å². The van der Waals surface area contributed by atoms with Gasteiger partial charge in [-0.25, -0.2) is 22.2 Å². The third kappa shape index (κ3) is 4.98. The van der Waals surface area contributed by atoms with E-state index >= 15 is 0 Å². The van der Waals surface area contributed by atoms with Gasteiger partial charge in [-0.2, -0.15) is 0 Å². The van der Waals surface area contributed by atoms with Crippen LogP contribution in [0.15, 0.2) is 41.6 Å². The van der Waals surface area contributed by atoms with Crippen LogP contribution in [0.3, 0.4) is 0 Å². The summed E-state index contributed by atoms with van der Waals surface area (Å²) in [6.07, 6.45) is 2.51. The highest BCUT2D eigenvalue weighted by Crippen LogP contribution is 2.39. The van der Waals surface area contributed by atoms with Crippen molar-refractivity contribution in [2.75, 3.05) is 5.32 Å². The molecule has 1 unspecified atom stereocenters. The van der Waals surface area contributed by atoms with Gasteiger partial charge in [0.05, 0.1) is 34.2 Å². The Morgan fingerprint density at radius 3 is 2.28 bits per heavy atom. The first-order chi connectivity index (χ1) is 15.3. The van der Waals surface area contributed by atoms with Gasteiger partial charge in [0.1, 0.15) is 12.3 Å². The summed E-state index contributed by atoms with van der Waals surface area (Å²) in [6, 6.07) is 6.29. The highest BCUT2D eigenvalue weighted by atomic mass is 32.2. The average molecular weight is 464 g/mol. The Balaban J connectivity index is 1.55. The van der Waals surface area contributed by atoms with E-state index in [1.807, 2.05) is 6.92 Å². The SMILES string of the molecule is CCc1cnc(NC(=O)[C@H](CC2C[C@@H](F)[C@@H](F)C2)c2ccc(S(=O)(=O)C3CC3)cc2)cn1. The number of benzene rings is 1. The minimum absolute atomic E-state index is 0.0735. The summed E-state index contributed by atoms with van der Waals surface area (Å²) in [4.78, 5) is 21.8. The molecule has 2 aliphatic carbocycles. The van der Waals surface area contributed by atoms with Crippen LogP contribution in [-0.2, 0) is 21.1 Å². The monoisotopic (exact) mass is 463 g/mol. The van der Waals surface area contributed by atoms with Crippen molar-refractivity contribution in [1.29, 1.82) is 0 Å². The molecule has 2 aliphatic rings. The van der Waals surface area contributed by atoms with Crippen molar-refractivity contribution in [2.24, 2.45) is 5.92 Å². The fourth-order valence-corrected chi connectivity index (χ4v) is 5.88. The maximum atomic E-state index is 13.7. The number of aromatic nitrogens is 2. The van der Waals surface area contributed by atoms with E-state index in [9.17, 15) is 22.0 Å². The van der Waals surface area contributed by atoms with Gasteiger partial charge < -0.3 is 5.32 Å². The predicted molar refractivity (Wildman–Crippen MR) is 117 cm³/mol. The summed E-state index contributed by atoms with van der Waals surface area (Å²) in [7, 11) is -3.34. The smallest absolute Gasteiger partial charge is 0.233 e. The fraction of sp³-hybridized carbons (Fsp3) is 0.522. The molecule has 6 nitrogen and oxygen atoms in total. The molecule has 0 bridgehead atoms. The Labute approximate surface area is 186 Å². The number of aryl methyl sites for hydroxylation is 1. The number of carbonyl (C=O) groups is 1. The maximum absolute atomic E-state index is 13.7. The molecule has 1 aromatic carbocycles. The van der Waals surface area contributed by atoms with Gasteiger partial charge in [-0.15, -0.1) is 0 Å². The van der Waals surface area contributed by atoms with Crippen LogP contribution in [0.25, 0.3) is 0 Å². The van der Waals surface area contributed by atoms with Gasteiger partial charge in [0.15, 0.2) is 15.7 Å². The number of nitrogens with one attached hydrogen (secondary N) is 1. The molecule has 172 valence electrons. The molecule has 0 radical (unpaired) electrons. The topological polar surface area (TPSA) is 89.0 Å². The second kappa shape index (κ2) is 9.21. The van der Waals surface area contributed by atoms with Crippen LogP contribution < -0.4 is 5.32 Å². The molecular formula is C23H27F2N3O3S. The molecule has 9 heteroatoms. The Morgan fingerprint density at radius 2 is 1.75 bits per heavy atom. The number of nitrogens with zero attached hydrogens (tertiary/aromatic N) is 2. The van der Waals surface area contributed by atoms with E-state index in [1.165, 1.54) is 18.3 Å². The van der Waals surface area contributed by atoms with Gasteiger partial charge in [-0.05, 0) is 62.1 Å². The Hall–Kier alpha value is -2.42. The van der Waals surface area contributed by atoms with Crippen LogP contribution in [0.2, 0.25) is 0 Å². The van der Waals surface area contributed by atoms with Crippen molar-refractivity contribution in [3.8, 4) is 0 Å². The molecule has 4 atom stereocenters. The molecule has 2 saturated carbocycles. The normalized spacial score (nSPS) is 24.3. The molecule has 0 spiro atoms. The van der Waals surface area contributed by atoms with Crippen LogP contribution in [0.5, 0.6) is 0 Å². The van der Waals surface area contributed by atoms with E-state index in [2.05, 4.69) is 15.3 Å². The Kier molecular flexibility index (Phi) is 6.55. The summed E-state index contributed by atoms with van der Waals surface area (Å²) >= 11 is 0. The van der Waals surface area contributed by atoms with Crippen molar-refractivity contribution in [2.45, 2.75) is 73.9 Å². The second-order valence-electron chi connectivity index (χ2n) is 8.71. The van der Waals surface area contributed by atoms with Gasteiger partial charge in [-0.3, -0.25) is 9.78 Å². The largest absolute Gasteiger partial charge is 0.309 e. The van der Waals surface area contributed by atoms with E-state index in [0.29, 0.717) is 24.2 Å². The number of hydrogen-bond acceptors (Lipinski definition) is 5. The van der Waals surface area contributed by atoms with Gasteiger partial charge in [0.25, 0.3) is 0 Å². The summed E-state index contributed by atoms with van der Waals surface area (Å²) in [6.45, 7) is 1.95. The lowest BCUT2D eigenvalue weighted by molar-refractivity contribution is -0.118. The average Bonchev–Trinajstić information content (AvgIpc) is 3.59. The molecule has 0 aliphatic heterocycles. The van der Waals surface area contributed by atoms with Crippen LogP contribution in [0.4, 0.5) is 14.6 Å². The molecule has 2 aromatic rings. The van der Waals surface area contributed by atoms with E-state index in [4.69, 9.17) is 0 Å². The molecule has 2 fully saturated rings. The number of rotatable bonds is 8. The third-order valence-corrected chi connectivity index (χ3v) is 8.57. The first-order valence-electron chi connectivity index (χ1n) is 11.0. The summed E-state index contributed by atoms with van der Waals surface area (Å²) in [5, 5.41) is 2.42. The lowest BCUT2D eigenvalue weighted by Crippen LogP contribution is -2.24. The summed E-state index contributed by atoms with van der Waals surface area (Å²) in [5.74, 6) is -1.04. The van der Waals surface area contributed by atoms with Crippen LogP contribution in [0.1, 0.15) is 56.2 Å². The van der Waals surface area contributed by atoms with Crippen molar-refractivity contribution < 1.29 is 22.0 Å². The van der Waals surface area contributed by atoms with E-state index in [1.54, 1.807) is 18.3 Å². The minimum Gasteiger partial charge on any atom is -0.309 e. The van der Waals surface area contributed by atoms with E-state index in [-0.39, 0.29) is 41.2 Å². The zero-order chi connectivity index (χ0) is 22.9. The third-order valence-electron chi connectivity index (χ3n) is 6.29. The van der Waals surface area contributed by atoms with E-state index in [0.717, 1.165) is 12.1 Å². The number of carbonyl (C=O) groups excluding carboxylic acids is 1. The maximum Gasteiger partial charge on any atom is 0.233 e. The first-order valence-corrected chi connectivity index (χ1v) is 12.6. The van der Waals surface area contributed by atoms with Crippen molar-refractivity contribution in [3.05, 3.63) is 47.9 Å². The van der Waals surface area contributed by atoms with Crippen LogP contribution in [-0.4, -0.2) is 41.9 Å². The Morgan fingerprint density at radius 1 is 1.09 bits per heavy atom. The van der Waals surface area contributed by atoms with Crippen molar-refractivity contribution in [3.63, 3.8) is 0 Å². The molecule has 1 N–H and O–H groups in total. The standard InChI is InChI=1S/C23H27F2N3O3S/c1-2-16-12-27-22(13-26-16)28-23(29)19(9-14-10-20(24)21(25)11-14)15-3-5-17(6-4-15)32(30,31)18-7-8-18/h3-6,12-14,18-21H,2,7-11H2,1H3,(H,27,28,29)/t14?,19-,20-,21+/m1/s1. The zero-order valence-corrected chi connectivity index (χ0v) is 18.7. The number of halogens is 2. The molecule has 32 heavy (non-hydrogen) atoms. The molecule has 0 saturated heterocycles. The lowest BCUT2D eigenvalue weighted by atomic mass is 9.87. The van der Waals surface area contributed by atoms with Crippen molar-refractivity contribution >= 4 is 21.6 Å².